The Hall–Kier alpha value is -1.70. The van der Waals surface area contributed by atoms with Crippen LogP contribution >= 0.6 is 0 Å². The average Bonchev–Trinajstić information content (AvgIpc) is 2.77. The number of aromatic nitrogens is 1. The van der Waals surface area contributed by atoms with E-state index in [1.54, 1.807) is 6.07 Å². The Labute approximate surface area is 183 Å². The normalized spacial score (nSPS) is 19.2. The average molecular weight is 410 g/mol. The van der Waals surface area contributed by atoms with Crippen molar-refractivity contribution in [3.63, 3.8) is 0 Å². The molecule has 0 aliphatic heterocycles. The molecule has 1 aliphatic rings. The molecule has 0 radical (unpaired) electrons. The van der Waals surface area contributed by atoms with Crippen LogP contribution in [0.5, 0.6) is 0 Å². The highest BCUT2D eigenvalue weighted by atomic mass is 19.1. The van der Waals surface area contributed by atoms with Gasteiger partial charge in [-0.05, 0) is 60.4 Å². The fraction of sp³-hybridized carbons (Fsp3) is 0.607. The minimum Gasteiger partial charge on any atom is -0.256 e. The first-order valence-corrected chi connectivity index (χ1v) is 12.4. The molecule has 0 atom stereocenters. The Morgan fingerprint density at radius 2 is 1.53 bits per heavy atom. The predicted octanol–water partition coefficient (Wildman–Crippen LogP) is 8.55. The second-order valence-corrected chi connectivity index (χ2v) is 9.39. The standard InChI is InChI=1S/C28H40FN/c1-3-5-6-7-9-22-10-12-23(13-11-22)14-15-24-16-18-26(27(29)20-24)28-19-17-25(8-4-2)21-30-28/h16-23H,3-15H2,1-2H3. The highest BCUT2D eigenvalue weighted by Crippen LogP contribution is 2.34. The predicted molar refractivity (Wildman–Crippen MR) is 126 cm³/mol. The third-order valence-electron chi connectivity index (χ3n) is 6.95. The SMILES string of the molecule is CCCCCCC1CCC(CCc2ccc(-c3ccc(CCC)cn3)c(F)c2)CC1. The first-order chi connectivity index (χ1) is 14.7. The molecule has 164 valence electrons. The van der Waals surface area contributed by atoms with Crippen LogP contribution in [0.4, 0.5) is 4.39 Å². The molecule has 1 fully saturated rings. The maximum absolute atomic E-state index is 14.7. The Balaban J connectivity index is 1.45. The summed E-state index contributed by atoms with van der Waals surface area (Å²) in [5.41, 5.74) is 3.69. The van der Waals surface area contributed by atoms with Crippen LogP contribution in [0.3, 0.4) is 0 Å². The third-order valence-corrected chi connectivity index (χ3v) is 6.95. The van der Waals surface area contributed by atoms with Crippen molar-refractivity contribution in [1.82, 2.24) is 4.98 Å². The number of rotatable bonds is 11. The molecule has 1 aliphatic carbocycles. The van der Waals surface area contributed by atoms with Crippen LogP contribution in [0.15, 0.2) is 36.5 Å². The number of unbranched alkanes of at least 4 members (excludes halogenated alkanes) is 3. The molecule has 0 bridgehead atoms. The van der Waals surface area contributed by atoms with Gasteiger partial charge in [-0.15, -0.1) is 0 Å². The van der Waals surface area contributed by atoms with Gasteiger partial charge < -0.3 is 0 Å². The highest BCUT2D eigenvalue weighted by molar-refractivity contribution is 5.60. The Morgan fingerprint density at radius 1 is 0.800 bits per heavy atom. The summed E-state index contributed by atoms with van der Waals surface area (Å²) in [5, 5.41) is 0. The molecule has 3 rings (SSSR count). The van der Waals surface area contributed by atoms with Gasteiger partial charge in [-0.3, -0.25) is 4.98 Å². The van der Waals surface area contributed by atoms with Crippen LogP contribution in [0, 0.1) is 17.7 Å². The van der Waals surface area contributed by atoms with E-state index in [-0.39, 0.29) is 5.82 Å². The summed E-state index contributed by atoms with van der Waals surface area (Å²) < 4.78 is 14.7. The summed E-state index contributed by atoms with van der Waals surface area (Å²) in [6.07, 6.45) is 18.7. The van der Waals surface area contributed by atoms with Gasteiger partial charge in [0.15, 0.2) is 0 Å². The molecule has 1 aromatic carbocycles. The van der Waals surface area contributed by atoms with E-state index in [1.165, 1.54) is 69.8 Å². The zero-order valence-corrected chi connectivity index (χ0v) is 19.1. The van der Waals surface area contributed by atoms with Crippen LogP contribution in [0.25, 0.3) is 11.3 Å². The lowest BCUT2D eigenvalue weighted by molar-refractivity contribution is 0.249. The van der Waals surface area contributed by atoms with Crippen molar-refractivity contribution in [2.75, 3.05) is 0 Å². The number of halogens is 1. The lowest BCUT2D eigenvalue weighted by atomic mass is 9.77. The summed E-state index contributed by atoms with van der Waals surface area (Å²) in [5.74, 6) is 1.65. The minimum atomic E-state index is -0.140. The van der Waals surface area contributed by atoms with E-state index in [9.17, 15) is 4.39 Å². The van der Waals surface area contributed by atoms with Gasteiger partial charge in [0.25, 0.3) is 0 Å². The molecule has 1 nitrogen and oxygen atoms in total. The first kappa shape index (κ1) is 23.0. The number of benzene rings is 1. The monoisotopic (exact) mass is 409 g/mol. The van der Waals surface area contributed by atoms with Crippen LogP contribution in [0.2, 0.25) is 0 Å². The van der Waals surface area contributed by atoms with E-state index >= 15 is 0 Å². The molecular weight excluding hydrogens is 369 g/mol. The summed E-state index contributed by atoms with van der Waals surface area (Å²) >= 11 is 0. The molecule has 30 heavy (non-hydrogen) atoms. The van der Waals surface area contributed by atoms with Gasteiger partial charge >= 0.3 is 0 Å². The number of pyridine rings is 1. The van der Waals surface area contributed by atoms with Gasteiger partial charge in [0.2, 0.25) is 0 Å². The molecule has 0 saturated heterocycles. The summed E-state index contributed by atoms with van der Waals surface area (Å²) in [4.78, 5) is 4.48. The summed E-state index contributed by atoms with van der Waals surface area (Å²) in [7, 11) is 0. The number of hydrogen-bond acceptors (Lipinski definition) is 1. The zero-order chi connectivity index (χ0) is 21.2. The third kappa shape index (κ3) is 6.93. The maximum atomic E-state index is 14.7. The first-order valence-electron chi connectivity index (χ1n) is 12.4. The van der Waals surface area contributed by atoms with E-state index in [4.69, 9.17) is 0 Å². The van der Waals surface area contributed by atoms with Crippen molar-refractivity contribution in [3.8, 4) is 11.3 Å². The number of aryl methyl sites for hydroxylation is 2. The molecule has 2 heteroatoms. The second-order valence-electron chi connectivity index (χ2n) is 9.39. The topological polar surface area (TPSA) is 12.9 Å². The summed E-state index contributed by atoms with van der Waals surface area (Å²) in [6.45, 7) is 4.44. The van der Waals surface area contributed by atoms with Gasteiger partial charge in [0, 0.05) is 11.8 Å². The Kier molecular flexibility index (Phi) is 9.36. The molecule has 1 aromatic heterocycles. The van der Waals surface area contributed by atoms with Gasteiger partial charge in [-0.25, -0.2) is 4.39 Å². The van der Waals surface area contributed by atoms with Crippen molar-refractivity contribution >= 4 is 0 Å². The largest absolute Gasteiger partial charge is 0.256 e. The fourth-order valence-electron chi connectivity index (χ4n) is 4.98. The number of nitrogens with zero attached hydrogens (tertiary/aromatic N) is 1. The number of hydrogen-bond donors (Lipinski definition) is 0. The molecule has 0 unspecified atom stereocenters. The second kappa shape index (κ2) is 12.2. The van der Waals surface area contributed by atoms with Crippen LogP contribution in [-0.2, 0) is 12.8 Å². The van der Waals surface area contributed by atoms with Crippen molar-refractivity contribution < 1.29 is 4.39 Å². The van der Waals surface area contributed by atoms with E-state index in [0.717, 1.165) is 42.4 Å². The smallest absolute Gasteiger partial charge is 0.132 e. The van der Waals surface area contributed by atoms with E-state index in [0.29, 0.717) is 5.56 Å². The fourth-order valence-corrected chi connectivity index (χ4v) is 4.98. The van der Waals surface area contributed by atoms with Gasteiger partial charge in [-0.2, -0.15) is 0 Å². The lowest BCUT2D eigenvalue weighted by Gasteiger charge is -2.28. The van der Waals surface area contributed by atoms with E-state index in [2.05, 4.69) is 31.0 Å². The van der Waals surface area contributed by atoms with Gasteiger partial charge in [-0.1, -0.05) is 90.2 Å². The maximum Gasteiger partial charge on any atom is 0.132 e. The minimum absolute atomic E-state index is 0.140. The van der Waals surface area contributed by atoms with Crippen molar-refractivity contribution in [2.45, 2.75) is 97.3 Å². The van der Waals surface area contributed by atoms with Crippen molar-refractivity contribution in [2.24, 2.45) is 11.8 Å². The molecule has 1 saturated carbocycles. The Morgan fingerprint density at radius 3 is 2.17 bits per heavy atom. The van der Waals surface area contributed by atoms with Crippen LogP contribution in [-0.4, -0.2) is 4.98 Å². The lowest BCUT2D eigenvalue weighted by Crippen LogP contribution is -2.15. The Bertz CT molecular complexity index is 744. The van der Waals surface area contributed by atoms with Crippen LogP contribution in [0.1, 0.15) is 95.6 Å². The van der Waals surface area contributed by atoms with Crippen LogP contribution < -0.4 is 0 Å². The van der Waals surface area contributed by atoms with E-state index in [1.807, 2.05) is 18.3 Å². The molecule has 0 spiro atoms. The summed E-state index contributed by atoms with van der Waals surface area (Å²) in [6, 6.07) is 9.76. The van der Waals surface area contributed by atoms with Crippen molar-refractivity contribution in [3.05, 3.63) is 53.5 Å². The molecule has 0 N–H and O–H groups in total. The van der Waals surface area contributed by atoms with E-state index < -0.39 is 0 Å². The molecule has 2 aromatic rings. The highest BCUT2D eigenvalue weighted by Gasteiger charge is 2.20. The molecule has 0 amide bonds. The quantitative estimate of drug-likeness (QED) is 0.339. The zero-order valence-electron chi connectivity index (χ0n) is 19.1. The molecule has 1 heterocycles. The molecular formula is C28H40FN. The van der Waals surface area contributed by atoms with Gasteiger partial charge in [0.1, 0.15) is 5.82 Å². The van der Waals surface area contributed by atoms with Crippen molar-refractivity contribution in [1.29, 1.82) is 0 Å². The van der Waals surface area contributed by atoms with Gasteiger partial charge in [0.05, 0.1) is 5.69 Å².